The van der Waals surface area contributed by atoms with Crippen LogP contribution in [0.3, 0.4) is 0 Å². The SMILES string of the molecule is CC(C)(C)CC(C)(C)NC(=O)C[N+](C)(C)CCOCCC(=O)O. The van der Waals surface area contributed by atoms with Gasteiger partial charge in [-0.3, -0.25) is 9.59 Å². The first-order valence-electron chi connectivity index (χ1n) is 8.15. The van der Waals surface area contributed by atoms with Crippen LogP contribution in [0, 0.1) is 5.41 Å². The third-order valence-electron chi connectivity index (χ3n) is 3.32. The first-order valence-corrected chi connectivity index (χ1v) is 8.15. The van der Waals surface area contributed by atoms with Crippen molar-refractivity contribution in [2.24, 2.45) is 5.41 Å². The Kier molecular flexibility index (Phi) is 8.21. The molecule has 1 amide bonds. The highest BCUT2D eigenvalue weighted by atomic mass is 16.5. The summed E-state index contributed by atoms with van der Waals surface area (Å²) in [5.41, 5.74) is -0.0908. The van der Waals surface area contributed by atoms with E-state index in [1.807, 2.05) is 27.9 Å². The van der Waals surface area contributed by atoms with Crippen molar-refractivity contribution in [3.63, 3.8) is 0 Å². The maximum absolute atomic E-state index is 12.3. The number of hydrogen-bond donors (Lipinski definition) is 2. The summed E-state index contributed by atoms with van der Waals surface area (Å²) >= 11 is 0. The van der Waals surface area contributed by atoms with Gasteiger partial charge in [-0.1, -0.05) is 20.8 Å². The molecule has 0 unspecified atom stereocenters. The number of aliphatic carboxylic acids is 1. The van der Waals surface area contributed by atoms with Crippen LogP contribution in [0.4, 0.5) is 0 Å². The molecular weight excluding hydrogens is 296 g/mol. The Morgan fingerprint density at radius 3 is 2.13 bits per heavy atom. The first-order chi connectivity index (χ1) is 10.2. The predicted molar refractivity (Wildman–Crippen MR) is 91.2 cm³/mol. The molecule has 0 saturated carbocycles. The molecule has 136 valence electrons. The van der Waals surface area contributed by atoms with Crippen LogP contribution in [0.2, 0.25) is 0 Å². The largest absolute Gasteiger partial charge is 0.481 e. The molecule has 0 aromatic carbocycles. The zero-order valence-corrected chi connectivity index (χ0v) is 15.9. The molecule has 23 heavy (non-hydrogen) atoms. The van der Waals surface area contributed by atoms with Gasteiger partial charge in [0.1, 0.15) is 6.54 Å². The fraction of sp³-hybridized carbons (Fsp3) is 0.882. The van der Waals surface area contributed by atoms with E-state index >= 15 is 0 Å². The van der Waals surface area contributed by atoms with Gasteiger partial charge in [0.25, 0.3) is 5.91 Å². The second-order valence-electron chi connectivity index (χ2n) is 8.74. The Bertz CT molecular complexity index is 398. The summed E-state index contributed by atoms with van der Waals surface area (Å²) in [6.07, 6.45) is 0.909. The van der Waals surface area contributed by atoms with Gasteiger partial charge in [-0.05, 0) is 25.7 Å². The minimum absolute atomic E-state index is 0.00884. The van der Waals surface area contributed by atoms with Crippen LogP contribution in [0.25, 0.3) is 0 Å². The summed E-state index contributed by atoms with van der Waals surface area (Å²) in [7, 11) is 3.94. The molecule has 0 aromatic heterocycles. The third kappa shape index (κ3) is 13.0. The highest BCUT2D eigenvalue weighted by Gasteiger charge is 2.29. The molecule has 0 saturated heterocycles. The van der Waals surface area contributed by atoms with Crippen LogP contribution in [-0.2, 0) is 14.3 Å². The molecule has 0 aromatic rings. The van der Waals surface area contributed by atoms with Crippen molar-refractivity contribution in [2.45, 2.75) is 53.0 Å². The van der Waals surface area contributed by atoms with Crippen LogP contribution in [-0.4, -0.2) is 67.4 Å². The van der Waals surface area contributed by atoms with E-state index < -0.39 is 5.97 Å². The second kappa shape index (κ2) is 8.64. The van der Waals surface area contributed by atoms with Crippen molar-refractivity contribution in [3.05, 3.63) is 0 Å². The van der Waals surface area contributed by atoms with Gasteiger partial charge in [-0.15, -0.1) is 0 Å². The average Bonchev–Trinajstić information content (AvgIpc) is 2.21. The topological polar surface area (TPSA) is 75.6 Å². The smallest absolute Gasteiger partial charge is 0.305 e. The number of likely N-dealkylation sites (N-methyl/N-ethyl adjacent to an activating group) is 1. The highest BCUT2D eigenvalue weighted by Crippen LogP contribution is 2.26. The number of ether oxygens (including phenoxy) is 1. The minimum atomic E-state index is -0.862. The monoisotopic (exact) mass is 331 g/mol. The van der Waals surface area contributed by atoms with Gasteiger partial charge in [-0.2, -0.15) is 0 Å². The van der Waals surface area contributed by atoms with E-state index in [-0.39, 0.29) is 29.9 Å². The molecule has 0 atom stereocenters. The fourth-order valence-electron chi connectivity index (χ4n) is 2.83. The normalized spacial score (nSPS) is 13.0. The maximum Gasteiger partial charge on any atom is 0.305 e. The van der Waals surface area contributed by atoms with Crippen molar-refractivity contribution in [3.8, 4) is 0 Å². The summed E-state index contributed by atoms with van der Waals surface area (Å²) in [5.74, 6) is -0.839. The van der Waals surface area contributed by atoms with Crippen LogP contribution in [0.1, 0.15) is 47.5 Å². The Labute approximate surface area is 140 Å². The molecule has 0 aliphatic heterocycles. The highest BCUT2D eigenvalue weighted by molar-refractivity contribution is 5.77. The predicted octanol–water partition coefficient (Wildman–Crippen LogP) is 1.89. The summed E-state index contributed by atoms with van der Waals surface area (Å²) in [4.78, 5) is 22.7. The number of hydrogen-bond acceptors (Lipinski definition) is 3. The minimum Gasteiger partial charge on any atom is -0.481 e. The Hall–Kier alpha value is -1.14. The standard InChI is InChI=1S/C17H34N2O4/c1-16(2,3)13-17(4,5)18-14(20)12-19(6,7)9-11-23-10-8-15(21)22/h8-13H2,1-7H3,(H-,18,20,21,22)/p+1. The summed E-state index contributed by atoms with van der Waals surface area (Å²) in [6, 6.07) is 0. The molecule has 0 aliphatic carbocycles. The van der Waals surface area contributed by atoms with Gasteiger partial charge in [0.15, 0.2) is 6.54 Å². The number of carboxylic acids is 1. The Balaban J connectivity index is 4.22. The molecule has 0 bridgehead atoms. The van der Waals surface area contributed by atoms with E-state index in [9.17, 15) is 9.59 Å². The lowest BCUT2D eigenvalue weighted by molar-refractivity contribution is -0.882. The van der Waals surface area contributed by atoms with Crippen LogP contribution in [0.5, 0.6) is 0 Å². The molecule has 0 spiro atoms. The van der Waals surface area contributed by atoms with Gasteiger partial charge in [-0.25, -0.2) is 0 Å². The molecule has 6 nitrogen and oxygen atoms in total. The zero-order valence-electron chi connectivity index (χ0n) is 15.9. The van der Waals surface area contributed by atoms with Gasteiger partial charge >= 0.3 is 5.97 Å². The van der Waals surface area contributed by atoms with Crippen LogP contribution in [0.15, 0.2) is 0 Å². The van der Waals surface area contributed by atoms with Crippen molar-refractivity contribution in [2.75, 3.05) is 40.4 Å². The molecule has 2 N–H and O–H groups in total. The van der Waals surface area contributed by atoms with Gasteiger partial charge in [0, 0.05) is 5.54 Å². The number of nitrogens with zero attached hydrogens (tertiary/aromatic N) is 1. The number of carbonyl (C=O) groups is 2. The first kappa shape index (κ1) is 21.9. The second-order valence-corrected chi connectivity index (χ2v) is 8.74. The van der Waals surface area contributed by atoms with Crippen LogP contribution < -0.4 is 5.32 Å². The number of rotatable bonds is 10. The molecular formula is C17H35N2O4+. The molecule has 0 fully saturated rings. The number of nitrogens with one attached hydrogen (secondary N) is 1. The van der Waals surface area contributed by atoms with E-state index in [0.717, 1.165) is 6.42 Å². The lowest BCUT2D eigenvalue weighted by Gasteiger charge is -2.35. The molecule has 0 radical (unpaired) electrons. The third-order valence-corrected chi connectivity index (χ3v) is 3.32. The van der Waals surface area contributed by atoms with Gasteiger partial charge in [0.05, 0.1) is 33.7 Å². The van der Waals surface area contributed by atoms with E-state index in [2.05, 4.69) is 26.1 Å². The lowest BCUT2D eigenvalue weighted by atomic mass is 9.82. The maximum atomic E-state index is 12.3. The van der Waals surface area contributed by atoms with Crippen molar-refractivity contribution >= 4 is 11.9 Å². The molecule has 0 rings (SSSR count). The number of carboxylic acid groups (broad SMARTS) is 1. The van der Waals surface area contributed by atoms with Crippen molar-refractivity contribution in [1.82, 2.24) is 5.32 Å². The Morgan fingerprint density at radius 1 is 1.09 bits per heavy atom. The summed E-state index contributed by atoms with van der Waals surface area (Å²) in [5, 5.41) is 11.7. The lowest BCUT2D eigenvalue weighted by Crippen LogP contribution is -2.54. The summed E-state index contributed by atoms with van der Waals surface area (Å²) < 4.78 is 5.80. The number of amides is 1. The zero-order chi connectivity index (χ0) is 18.3. The van der Waals surface area contributed by atoms with E-state index in [4.69, 9.17) is 9.84 Å². The molecule has 0 heterocycles. The summed E-state index contributed by atoms with van der Waals surface area (Å²) in [6.45, 7) is 12.3. The molecule has 6 heteroatoms. The van der Waals surface area contributed by atoms with E-state index in [1.165, 1.54) is 0 Å². The number of quaternary nitrogens is 1. The van der Waals surface area contributed by atoms with Crippen molar-refractivity contribution < 1.29 is 23.9 Å². The van der Waals surface area contributed by atoms with Crippen LogP contribution >= 0.6 is 0 Å². The average molecular weight is 331 g/mol. The number of carbonyl (C=O) groups excluding carboxylic acids is 1. The van der Waals surface area contributed by atoms with Crippen molar-refractivity contribution in [1.29, 1.82) is 0 Å². The fourth-order valence-corrected chi connectivity index (χ4v) is 2.83. The molecule has 0 aliphatic rings. The van der Waals surface area contributed by atoms with Gasteiger partial charge in [0.2, 0.25) is 0 Å². The van der Waals surface area contributed by atoms with E-state index in [0.29, 0.717) is 24.2 Å². The quantitative estimate of drug-likeness (QED) is 0.473. The Morgan fingerprint density at radius 2 is 1.65 bits per heavy atom. The van der Waals surface area contributed by atoms with E-state index in [1.54, 1.807) is 0 Å². The van der Waals surface area contributed by atoms with Gasteiger partial charge < -0.3 is 19.6 Å².